The van der Waals surface area contributed by atoms with E-state index in [1.807, 2.05) is 0 Å². The zero-order chi connectivity index (χ0) is 22.2. The third-order valence-electron chi connectivity index (χ3n) is 5.32. The Morgan fingerprint density at radius 3 is 2.55 bits per heavy atom. The first kappa shape index (κ1) is 21.1. The lowest BCUT2D eigenvalue weighted by Gasteiger charge is -2.24. The van der Waals surface area contributed by atoms with Crippen LogP contribution < -0.4 is 16.0 Å². The van der Waals surface area contributed by atoms with Crippen LogP contribution in [0.3, 0.4) is 0 Å². The number of benzene rings is 1. The van der Waals surface area contributed by atoms with Crippen LogP contribution in [0.4, 0.5) is 0 Å². The third kappa shape index (κ3) is 4.08. The van der Waals surface area contributed by atoms with Crippen molar-refractivity contribution in [3.8, 4) is 5.75 Å². The highest BCUT2D eigenvalue weighted by Gasteiger charge is 2.55. The fraction of sp³-hybridized carbons (Fsp3) is 0.500. The van der Waals surface area contributed by atoms with E-state index in [2.05, 4.69) is 10.0 Å². The number of hydrogen-bond acceptors (Lipinski definition) is 7. The van der Waals surface area contributed by atoms with E-state index in [0.29, 0.717) is 5.75 Å². The molecule has 2 fully saturated rings. The second-order valence-corrected chi connectivity index (χ2v) is 7.82. The van der Waals surface area contributed by atoms with Gasteiger partial charge in [0.2, 0.25) is 0 Å². The van der Waals surface area contributed by atoms with Crippen LogP contribution in [0.25, 0.3) is 10.4 Å². The lowest BCUT2D eigenvalue weighted by Crippen LogP contribution is -2.43. The SMILES string of the molecule is COc1ccc(Cn2c(=O)ccn([C@@H]3O[C@H](CN=[N+]=[N-])[C@H]4OC(C)(C)O[C@H]43)c2=O)cc1. The van der Waals surface area contributed by atoms with Gasteiger partial charge in [0, 0.05) is 17.2 Å². The van der Waals surface area contributed by atoms with Crippen molar-refractivity contribution in [1.82, 2.24) is 9.13 Å². The predicted molar refractivity (Wildman–Crippen MR) is 109 cm³/mol. The molecule has 0 radical (unpaired) electrons. The summed E-state index contributed by atoms with van der Waals surface area (Å²) in [4.78, 5) is 28.4. The maximum absolute atomic E-state index is 13.2. The van der Waals surface area contributed by atoms with Crippen molar-refractivity contribution in [1.29, 1.82) is 0 Å². The van der Waals surface area contributed by atoms with Gasteiger partial charge >= 0.3 is 5.69 Å². The highest BCUT2D eigenvalue weighted by molar-refractivity contribution is 5.27. The zero-order valence-corrected chi connectivity index (χ0v) is 17.4. The van der Waals surface area contributed by atoms with Crippen molar-refractivity contribution in [2.45, 2.75) is 50.7 Å². The molecule has 0 amide bonds. The largest absolute Gasteiger partial charge is 0.497 e. The molecular weight excluding hydrogens is 406 g/mol. The maximum Gasteiger partial charge on any atom is 0.333 e. The summed E-state index contributed by atoms with van der Waals surface area (Å²) < 4.78 is 25.5. The van der Waals surface area contributed by atoms with Crippen molar-refractivity contribution in [2.24, 2.45) is 5.11 Å². The van der Waals surface area contributed by atoms with Crippen molar-refractivity contribution >= 4 is 0 Å². The molecule has 11 heteroatoms. The average molecular weight is 429 g/mol. The molecule has 11 nitrogen and oxygen atoms in total. The van der Waals surface area contributed by atoms with Gasteiger partial charge in [-0.2, -0.15) is 0 Å². The lowest BCUT2D eigenvalue weighted by atomic mass is 10.1. The number of nitrogens with zero attached hydrogens (tertiary/aromatic N) is 5. The summed E-state index contributed by atoms with van der Waals surface area (Å²) in [6.45, 7) is 3.66. The van der Waals surface area contributed by atoms with E-state index < -0.39 is 41.6 Å². The van der Waals surface area contributed by atoms with Crippen LogP contribution in [0, 0.1) is 0 Å². The molecule has 4 atom stereocenters. The number of fused-ring (bicyclic) bond motifs is 1. The summed E-state index contributed by atoms with van der Waals surface area (Å²) in [6, 6.07) is 8.41. The van der Waals surface area contributed by atoms with Gasteiger partial charge in [-0.3, -0.25) is 13.9 Å². The van der Waals surface area contributed by atoms with E-state index in [1.165, 1.54) is 16.8 Å². The number of aromatic nitrogens is 2. The maximum atomic E-state index is 13.2. The van der Waals surface area contributed by atoms with Crippen LogP contribution in [-0.2, 0) is 20.8 Å². The van der Waals surface area contributed by atoms with Crippen molar-refractivity contribution in [2.75, 3.05) is 13.7 Å². The van der Waals surface area contributed by atoms with Gasteiger partial charge in [0.15, 0.2) is 12.0 Å². The van der Waals surface area contributed by atoms with E-state index in [0.717, 1.165) is 10.1 Å². The number of azide groups is 1. The summed E-state index contributed by atoms with van der Waals surface area (Å²) in [5.74, 6) is -0.202. The molecule has 0 spiro atoms. The van der Waals surface area contributed by atoms with Crippen molar-refractivity contribution in [3.63, 3.8) is 0 Å². The molecule has 0 bridgehead atoms. The van der Waals surface area contributed by atoms with E-state index in [-0.39, 0.29) is 13.1 Å². The summed E-state index contributed by atoms with van der Waals surface area (Å²) in [5, 5.41) is 3.58. The highest BCUT2D eigenvalue weighted by atomic mass is 16.8. The van der Waals surface area contributed by atoms with Crippen molar-refractivity contribution < 1.29 is 18.9 Å². The Bertz CT molecular complexity index is 1120. The molecule has 0 unspecified atom stereocenters. The second-order valence-electron chi connectivity index (χ2n) is 7.82. The molecule has 3 heterocycles. The van der Waals surface area contributed by atoms with Crippen LogP contribution in [0.1, 0.15) is 25.6 Å². The summed E-state index contributed by atoms with van der Waals surface area (Å²) in [5.41, 5.74) is 8.47. The van der Waals surface area contributed by atoms with Gasteiger partial charge in [0.1, 0.15) is 18.0 Å². The Morgan fingerprint density at radius 2 is 1.87 bits per heavy atom. The van der Waals surface area contributed by atoms with E-state index in [9.17, 15) is 9.59 Å². The van der Waals surface area contributed by atoms with Gasteiger partial charge in [-0.05, 0) is 37.1 Å². The fourth-order valence-electron chi connectivity index (χ4n) is 3.93. The molecule has 0 aliphatic carbocycles. The lowest BCUT2D eigenvalue weighted by molar-refractivity contribution is -0.196. The number of rotatable bonds is 6. The summed E-state index contributed by atoms with van der Waals surface area (Å²) in [6.07, 6.45) is -1.14. The normalized spacial score (nSPS) is 26.3. The molecule has 2 saturated heterocycles. The van der Waals surface area contributed by atoms with Crippen LogP contribution in [-0.4, -0.2) is 46.9 Å². The number of ether oxygens (including phenoxy) is 4. The predicted octanol–water partition coefficient (Wildman–Crippen LogP) is 1.79. The van der Waals surface area contributed by atoms with Gasteiger partial charge in [0.25, 0.3) is 5.56 Å². The standard InChI is InChI=1S/C20H23N5O6/c1-20(2)30-16-14(10-22-23-21)29-18(17(16)31-20)24-9-8-15(26)25(19(24)27)11-12-4-6-13(28-3)7-5-12/h4-9,14,16-18H,10-11H2,1-3H3/t14-,16-,17-,18-/m1/s1. The summed E-state index contributed by atoms with van der Waals surface area (Å²) >= 11 is 0. The average Bonchev–Trinajstić information content (AvgIpc) is 3.23. The van der Waals surface area contributed by atoms with Gasteiger partial charge in [0.05, 0.1) is 26.3 Å². The Labute approximate surface area is 177 Å². The van der Waals surface area contributed by atoms with Gasteiger partial charge in [-0.1, -0.05) is 17.2 Å². The number of hydrogen-bond donors (Lipinski definition) is 0. The smallest absolute Gasteiger partial charge is 0.333 e. The monoisotopic (exact) mass is 429 g/mol. The van der Waals surface area contributed by atoms with Crippen LogP contribution >= 0.6 is 0 Å². The van der Waals surface area contributed by atoms with E-state index in [4.69, 9.17) is 24.5 Å². The molecular formula is C20H23N5O6. The minimum atomic E-state index is -0.882. The quantitative estimate of drug-likeness (QED) is 0.391. The third-order valence-corrected chi connectivity index (χ3v) is 5.32. The number of methoxy groups -OCH3 is 1. The molecule has 164 valence electrons. The molecule has 1 aromatic carbocycles. The molecule has 2 aliphatic rings. The molecule has 4 rings (SSSR count). The second kappa shape index (κ2) is 8.20. The van der Waals surface area contributed by atoms with Gasteiger partial charge < -0.3 is 18.9 Å². The van der Waals surface area contributed by atoms with Crippen molar-refractivity contribution in [3.05, 3.63) is 73.4 Å². The van der Waals surface area contributed by atoms with Crippen LogP contribution in [0.2, 0.25) is 0 Å². The van der Waals surface area contributed by atoms with E-state index in [1.54, 1.807) is 45.2 Å². The summed E-state index contributed by atoms with van der Waals surface area (Å²) in [7, 11) is 1.57. The molecule has 2 aromatic rings. The van der Waals surface area contributed by atoms with Crippen LogP contribution in [0.15, 0.2) is 51.2 Å². The topological polar surface area (TPSA) is 130 Å². The highest BCUT2D eigenvalue weighted by Crippen LogP contribution is 2.42. The first-order valence-electron chi connectivity index (χ1n) is 9.80. The zero-order valence-electron chi connectivity index (χ0n) is 17.4. The molecule has 31 heavy (non-hydrogen) atoms. The Morgan fingerprint density at radius 1 is 1.16 bits per heavy atom. The molecule has 1 aromatic heterocycles. The Hall–Kier alpha value is -3.11. The van der Waals surface area contributed by atoms with Gasteiger partial charge in [-0.15, -0.1) is 0 Å². The molecule has 2 aliphatic heterocycles. The minimum Gasteiger partial charge on any atom is -0.497 e. The first-order valence-corrected chi connectivity index (χ1v) is 9.80. The first-order chi connectivity index (χ1) is 14.8. The fourth-order valence-corrected chi connectivity index (χ4v) is 3.93. The Kier molecular flexibility index (Phi) is 5.59. The van der Waals surface area contributed by atoms with Crippen LogP contribution in [0.5, 0.6) is 5.75 Å². The van der Waals surface area contributed by atoms with Gasteiger partial charge in [-0.25, -0.2) is 4.79 Å². The molecule has 0 N–H and O–H groups in total. The van der Waals surface area contributed by atoms with E-state index >= 15 is 0 Å². The molecule has 0 saturated carbocycles. The Balaban J connectivity index is 1.67. The minimum absolute atomic E-state index is 0.0356.